The molecule has 0 aliphatic carbocycles. The summed E-state index contributed by atoms with van der Waals surface area (Å²) in [7, 11) is 0. The van der Waals surface area contributed by atoms with Crippen LogP contribution >= 0.6 is 11.6 Å². The summed E-state index contributed by atoms with van der Waals surface area (Å²) in [4.78, 5) is 0. The summed E-state index contributed by atoms with van der Waals surface area (Å²) in [6, 6.07) is 15.8. The highest BCUT2D eigenvalue weighted by Gasteiger charge is 2.05. The van der Waals surface area contributed by atoms with E-state index in [0.717, 1.165) is 54.3 Å². The SMILES string of the molecule is OCCCCCNCc1ccccc1OCc1ccccc1Cl. The van der Waals surface area contributed by atoms with Crippen LogP contribution in [0.2, 0.25) is 5.02 Å². The van der Waals surface area contributed by atoms with Crippen molar-refractivity contribution in [1.29, 1.82) is 0 Å². The zero-order valence-electron chi connectivity index (χ0n) is 13.3. The van der Waals surface area contributed by atoms with Crippen LogP contribution in [0, 0.1) is 0 Å². The normalized spacial score (nSPS) is 10.7. The Morgan fingerprint density at radius 1 is 0.913 bits per heavy atom. The highest BCUT2D eigenvalue weighted by atomic mass is 35.5. The minimum Gasteiger partial charge on any atom is -0.489 e. The fraction of sp³-hybridized carbons (Fsp3) is 0.368. The molecule has 0 fully saturated rings. The lowest BCUT2D eigenvalue weighted by molar-refractivity contribution is 0.282. The van der Waals surface area contributed by atoms with Crippen molar-refractivity contribution >= 4 is 11.6 Å². The average Bonchev–Trinajstić information content (AvgIpc) is 2.58. The van der Waals surface area contributed by atoms with E-state index in [1.165, 1.54) is 0 Å². The van der Waals surface area contributed by atoms with Gasteiger partial charge in [0.05, 0.1) is 0 Å². The lowest BCUT2D eigenvalue weighted by Gasteiger charge is -2.13. The van der Waals surface area contributed by atoms with Crippen molar-refractivity contribution in [2.45, 2.75) is 32.4 Å². The molecule has 0 saturated heterocycles. The third-order valence-corrected chi connectivity index (χ3v) is 4.01. The van der Waals surface area contributed by atoms with E-state index in [0.29, 0.717) is 6.61 Å². The molecule has 0 aliphatic heterocycles. The van der Waals surface area contributed by atoms with E-state index in [9.17, 15) is 0 Å². The Labute approximate surface area is 143 Å². The van der Waals surface area contributed by atoms with Gasteiger partial charge in [-0.25, -0.2) is 0 Å². The molecule has 0 radical (unpaired) electrons. The standard InChI is InChI=1S/C19H24ClNO2/c20-18-10-4-2-9-17(18)15-23-19-11-5-3-8-16(19)14-21-12-6-1-7-13-22/h2-5,8-11,21-22H,1,6-7,12-15H2. The Morgan fingerprint density at radius 3 is 2.43 bits per heavy atom. The van der Waals surface area contributed by atoms with Crippen LogP contribution in [0.1, 0.15) is 30.4 Å². The third kappa shape index (κ3) is 6.22. The van der Waals surface area contributed by atoms with Crippen LogP contribution < -0.4 is 10.1 Å². The van der Waals surface area contributed by atoms with Gasteiger partial charge in [-0.15, -0.1) is 0 Å². The second-order valence-electron chi connectivity index (χ2n) is 5.45. The van der Waals surface area contributed by atoms with Crippen molar-refractivity contribution in [2.75, 3.05) is 13.2 Å². The molecule has 0 aliphatic rings. The van der Waals surface area contributed by atoms with Crippen LogP contribution in [0.25, 0.3) is 0 Å². The number of ether oxygens (including phenoxy) is 1. The molecule has 124 valence electrons. The number of unbranched alkanes of at least 4 members (excludes halogenated alkanes) is 2. The molecule has 4 heteroatoms. The average molecular weight is 334 g/mol. The zero-order valence-corrected chi connectivity index (χ0v) is 14.1. The molecule has 0 bridgehead atoms. The molecule has 2 N–H and O–H groups in total. The Kier molecular flexibility index (Phi) is 7.95. The molecule has 2 aromatic carbocycles. The van der Waals surface area contributed by atoms with E-state index in [1.54, 1.807) is 0 Å². The van der Waals surface area contributed by atoms with Crippen LogP contribution in [-0.4, -0.2) is 18.3 Å². The van der Waals surface area contributed by atoms with Gasteiger partial charge in [-0.2, -0.15) is 0 Å². The largest absolute Gasteiger partial charge is 0.489 e. The van der Waals surface area contributed by atoms with Crippen LogP contribution in [0.5, 0.6) is 5.75 Å². The Bertz CT molecular complexity index is 589. The Morgan fingerprint density at radius 2 is 1.65 bits per heavy atom. The van der Waals surface area contributed by atoms with Gasteiger partial charge < -0.3 is 15.2 Å². The third-order valence-electron chi connectivity index (χ3n) is 3.64. The first-order valence-corrected chi connectivity index (χ1v) is 8.44. The highest BCUT2D eigenvalue weighted by molar-refractivity contribution is 6.31. The van der Waals surface area contributed by atoms with E-state index in [-0.39, 0.29) is 6.61 Å². The fourth-order valence-corrected chi connectivity index (χ4v) is 2.51. The van der Waals surface area contributed by atoms with Crippen molar-refractivity contribution in [3.8, 4) is 5.75 Å². The van der Waals surface area contributed by atoms with E-state index < -0.39 is 0 Å². The molecule has 0 spiro atoms. The summed E-state index contributed by atoms with van der Waals surface area (Å²) in [5.74, 6) is 0.885. The lowest BCUT2D eigenvalue weighted by Crippen LogP contribution is -2.15. The lowest BCUT2D eigenvalue weighted by atomic mass is 10.2. The number of nitrogens with one attached hydrogen (secondary N) is 1. The van der Waals surface area contributed by atoms with E-state index in [4.69, 9.17) is 21.4 Å². The minimum atomic E-state index is 0.277. The van der Waals surface area contributed by atoms with E-state index in [2.05, 4.69) is 11.4 Å². The van der Waals surface area contributed by atoms with Crippen LogP contribution in [-0.2, 0) is 13.2 Å². The summed E-state index contributed by atoms with van der Waals surface area (Å²) >= 11 is 6.16. The van der Waals surface area contributed by atoms with Crippen LogP contribution in [0.3, 0.4) is 0 Å². The summed E-state index contributed by atoms with van der Waals surface area (Å²) in [5, 5.41) is 12.9. The molecule has 0 aromatic heterocycles. The molecule has 0 heterocycles. The number of aliphatic hydroxyl groups is 1. The molecular formula is C19H24ClNO2. The van der Waals surface area contributed by atoms with Crippen molar-refractivity contribution in [3.05, 3.63) is 64.7 Å². The summed E-state index contributed by atoms with van der Waals surface area (Å²) < 4.78 is 5.94. The number of rotatable bonds is 10. The number of hydrogen-bond donors (Lipinski definition) is 2. The van der Waals surface area contributed by atoms with Gasteiger partial charge in [0.2, 0.25) is 0 Å². The monoisotopic (exact) mass is 333 g/mol. The molecule has 23 heavy (non-hydrogen) atoms. The van der Waals surface area contributed by atoms with Crippen molar-refractivity contribution in [1.82, 2.24) is 5.32 Å². The van der Waals surface area contributed by atoms with Crippen LogP contribution in [0.4, 0.5) is 0 Å². The quantitative estimate of drug-likeness (QED) is 0.641. The summed E-state index contributed by atoms with van der Waals surface area (Å²) in [5.41, 5.74) is 2.13. The van der Waals surface area contributed by atoms with Gasteiger partial charge in [-0.3, -0.25) is 0 Å². The molecule has 0 saturated carbocycles. The maximum Gasteiger partial charge on any atom is 0.124 e. The zero-order chi connectivity index (χ0) is 16.3. The molecule has 0 atom stereocenters. The van der Waals surface area contributed by atoms with Crippen LogP contribution in [0.15, 0.2) is 48.5 Å². The first-order valence-electron chi connectivity index (χ1n) is 8.07. The van der Waals surface area contributed by atoms with Gasteiger partial charge >= 0.3 is 0 Å². The van der Waals surface area contributed by atoms with Gasteiger partial charge in [0.15, 0.2) is 0 Å². The van der Waals surface area contributed by atoms with E-state index >= 15 is 0 Å². The first kappa shape index (κ1) is 17.8. The number of halogens is 1. The smallest absolute Gasteiger partial charge is 0.124 e. The van der Waals surface area contributed by atoms with Gasteiger partial charge in [-0.05, 0) is 37.9 Å². The summed E-state index contributed by atoms with van der Waals surface area (Å²) in [6.45, 7) is 2.46. The maximum absolute atomic E-state index is 8.76. The fourth-order valence-electron chi connectivity index (χ4n) is 2.32. The molecular weight excluding hydrogens is 310 g/mol. The second kappa shape index (κ2) is 10.3. The van der Waals surface area contributed by atoms with Gasteiger partial charge in [0, 0.05) is 29.3 Å². The van der Waals surface area contributed by atoms with Crippen molar-refractivity contribution < 1.29 is 9.84 Å². The van der Waals surface area contributed by atoms with E-state index in [1.807, 2.05) is 42.5 Å². The number of para-hydroxylation sites is 1. The molecule has 2 rings (SSSR count). The maximum atomic E-state index is 8.76. The summed E-state index contributed by atoms with van der Waals surface area (Å²) in [6.07, 6.45) is 3.00. The van der Waals surface area contributed by atoms with Gasteiger partial charge in [0.25, 0.3) is 0 Å². The highest BCUT2D eigenvalue weighted by Crippen LogP contribution is 2.21. The number of benzene rings is 2. The second-order valence-corrected chi connectivity index (χ2v) is 5.86. The molecule has 0 unspecified atom stereocenters. The topological polar surface area (TPSA) is 41.5 Å². The predicted octanol–water partition coefficient (Wildman–Crippen LogP) is 4.17. The minimum absolute atomic E-state index is 0.277. The van der Waals surface area contributed by atoms with Gasteiger partial charge in [-0.1, -0.05) is 48.0 Å². The number of aliphatic hydroxyl groups excluding tert-OH is 1. The first-order chi connectivity index (χ1) is 11.3. The van der Waals surface area contributed by atoms with Crippen molar-refractivity contribution in [2.24, 2.45) is 0 Å². The Hall–Kier alpha value is -1.55. The van der Waals surface area contributed by atoms with Gasteiger partial charge in [0.1, 0.15) is 12.4 Å². The molecule has 0 amide bonds. The molecule has 2 aromatic rings. The Balaban J connectivity index is 1.84. The number of hydrogen-bond acceptors (Lipinski definition) is 3. The molecule has 3 nitrogen and oxygen atoms in total. The van der Waals surface area contributed by atoms with Crippen molar-refractivity contribution in [3.63, 3.8) is 0 Å². The predicted molar refractivity (Wildman–Crippen MR) is 94.9 cm³/mol.